The van der Waals surface area contributed by atoms with Crippen LogP contribution in [-0.4, -0.2) is 41.2 Å². The molecule has 2 rings (SSSR count). The Labute approximate surface area is 117 Å². The fourth-order valence-corrected chi connectivity index (χ4v) is 2.13. The molecule has 0 spiro atoms. The van der Waals surface area contributed by atoms with Crippen LogP contribution in [-0.2, 0) is 4.79 Å². The summed E-state index contributed by atoms with van der Waals surface area (Å²) in [6.45, 7) is 4.62. The third kappa shape index (κ3) is 3.19. The van der Waals surface area contributed by atoms with Crippen molar-refractivity contribution in [1.29, 1.82) is 0 Å². The summed E-state index contributed by atoms with van der Waals surface area (Å²) in [4.78, 5) is 13.5. The first-order chi connectivity index (χ1) is 8.90. The number of aliphatic hydroxyl groups is 1. The van der Waals surface area contributed by atoms with Gasteiger partial charge in [-0.3, -0.25) is 4.79 Å². The van der Waals surface area contributed by atoms with E-state index < -0.39 is 5.60 Å². The second-order valence-corrected chi connectivity index (χ2v) is 5.69. The van der Waals surface area contributed by atoms with Crippen LogP contribution in [0.4, 0.5) is 0 Å². The van der Waals surface area contributed by atoms with Crippen LogP contribution in [0.1, 0.15) is 13.8 Å². The van der Waals surface area contributed by atoms with Crippen molar-refractivity contribution in [3.8, 4) is 5.75 Å². The average molecular weight is 284 g/mol. The van der Waals surface area contributed by atoms with Crippen LogP contribution < -0.4 is 4.74 Å². The van der Waals surface area contributed by atoms with E-state index in [1.165, 1.54) is 0 Å². The molecular weight excluding hydrogens is 266 g/mol. The molecule has 1 heterocycles. The SMILES string of the molecule is CC(C)C1(O)CN(C(=O)COc2cccc(Cl)c2)C1. The topological polar surface area (TPSA) is 49.8 Å². The van der Waals surface area contributed by atoms with Gasteiger partial charge in [0.15, 0.2) is 6.61 Å². The first-order valence-corrected chi connectivity index (χ1v) is 6.67. The molecule has 1 amide bonds. The van der Waals surface area contributed by atoms with Crippen LogP contribution in [0.3, 0.4) is 0 Å². The van der Waals surface area contributed by atoms with Crippen LogP contribution in [0.15, 0.2) is 24.3 Å². The lowest BCUT2D eigenvalue weighted by atomic mass is 9.83. The number of likely N-dealkylation sites (tertiary alicyclic amines) is 1. The summed E-state index contributed by atoms with van der Waals surface area (Å²) in [6, 6.07) is 6.92. The highest BCUT2D eigenvalue weighted by molar-refractivity contribution is 6.30. The van der Waals surface area contributed by atoms with Gasteiger partial charge in [0.1, 0.15) is 11.4 Å². The van der Waals surface area contributed by atoms with E-state index in [4.69, 9.17) is 16.3 Å². The highest BCUT2D eigenvalue weighted by Gasteiger charge is 2.45. The van der Waals surface area contributed by atoms with Gasteiger partial charge >= 0.3 is 0 Å². The maximum atomic E-state index is 11.9. The van der Waals surface area contributed by atoms with Crippen LogP contribution >= 0.6 is 11.6 Å². The molecule has 19 heavy (non-hydrogen) atoms. The summed E-state index contributed by atoms with van der Waals surface area (Å²) < 4.78 is 5.38. The molecule has 0 bridgehead atoms. The molecule has 1 fully saturated rings. The maximum absolute atomic E-state index is 11.9. The summed E-state index contributed by atoms with van der Waals surface area (Å²) in [6.07, 6.45) is 0. The zero-order chi connectivity index (χ0) is 14.0. The van der Waals surface area contributed by atoms with Gasteiger partial charge in [0.2, 0.25) is 0 Å². The van der Waals surface area contributed by atoms with Crippen molar-refractivity contribution in [2.45, 2.75) is 19.4 Å². The fourth-order valence-electron chi connectivity index (χ4n) is 1.95. The summed E-state index contributed by atoms with van der Waals surface area (Å²) >= 11 is 5.82. The van der Waals surface area contributed by atoms with Gasteiger partial charge in [-0.1, -0.05) is 31.5 Å². The van der Waals surface area contributed by atoms with E-state index in [1.54, 1.807) is 29.2 Å². The Morgan fingerprint density at radius 2 is 2.21 bits per heavy atom. The van der Waals surface area contributed by atoms with Crippen molar-refractivity contribution in [1.82, 2.24) is 4.90 Å². The maximum Gasteiger partial charge on any atom is 0.260 e. The third-order valence-electron chi connectivity index (χ3n) is 3.52. The summed E-state index contributed by atoms with van der Waals surface area (Å²) in [5.74, 6) is 0.594. The second-order valence-electron chi connectivity index (χ2n) is 5.25. The van der Waals surface area contributed by atoms with Gasteiger partial charge in [-0.05, 0) is 24.1 Å². The molecule has 0 aliphatic carbocycles. The number of carbonyl (C=O) groups is 1. The predicted molar refractivity (Wildman–Crippen MR) is 73.3 cm³/mol. The Bertz CT molecular complexity index is 470. The van der Waals surface area contributed by atoms with E-state index in [0.29, 0.717) is 23.9 Å². The van der Waals surface area contributed by atoms with Gasteiger partial charge in [-0.2, -0.15) is 0 Å². The number of hydrogen-bond donors (Lipinski definition) is 1. The molecule has 1 aromatic rings. The molecule has 1 N–H and O–H groups in total. The normalized spacial score (nSPS) is 17.2. The number of hydrogen-bond acceptors (Lipinski definition) is 3. The fraction of sp³-hybridized carbons (Fsp3) is 0.500. The molecule has 1 saturated heterocycles. The Morgan fingerprint density at radius 3 is 2.79 bits per heavy atom. The summed E-state index contributed by atoms with van der Waals surface area (Å²) in [7, 11) is 0. The highest BCUT2D eigenvalue weighted by Crippen LogP contribution is 2.28. The van der Waals surface area contributed by atoms with Crippen molar-refractivity contribution in [2.24, 2.45) is 5.92 Å². The third-order valence-corrected chi connectivity index (χ3v) is 3.75. The Balaban J connectivity index is 1.81. The van der Waals surface area contributed by atoms with Gasteiger partial charge < -0.3 is 14.7 Å². The summed E-state index contributed by atoms with van der Waals surface area (Å²) in [5, 5.41) is 10.6. The molecule has 1 aliphatic rings. The largest absolute Gasteiger partial charge is 0.484 e. The Morgan fingerprint density at radius 1 is 1.53 bits per heavy atom. The lowest BCUT2D eigenvalue weighted by Crippen LogP contribution is -2.66. The Kier molecular flexibility index (Phi) is 4.02. The number of benzene rings is 1. The molecule has 5 heteroatoms. The zero-order valence-electron chi connectivity index (χ0n) is 11.1. The second kappa shape index (κ2) is 5.39. The first-order valence-electron chi connectivity index (χ1n) is 6.29. The minimum atomic E-state index is -0.744. The number of rotatable bonds is 4. The van der Waals surface area contributed by atoms with Crippen molar-refractivity contribution in [3.05, 3.63) is 29.3 Å². The van der Waals surface area contributed by atoms with E-state index in [1.807, 2.05) is 13.8 Å². The smallest absolute Gasteiger partial charge is 0.260 e. The van der Waals surface area contributed by atoms with Crippen molar-refractivity contribution >= 4 is 17.5 Å². The van der Waals surface area contributed by atoms with Gasteiger partial charge in [0.25, 0.3) is 5.91 Å². The lowest BCUT2D eigenvalue weighted by molar-refractivity contribution is -0.165. The number of ether oxygens (including phenoxy) is 1. The summed E-state index contributed by atoms with van der Waals surface area (Å²) in [5.41, 5.74) is -0.744. The van der Waals surface area contributed by atoms with Crippen molar-refractivity contribution in [2.75, 3.05) is 19.7 Å². The van der Waals surface area contributed by atoms with Gasteiger partial charge in [0, 0.05) is 5.02 Å². The first kappa shape index (κ1) is 14.2. The van der Waals surface area contributed by atoms with Crippen LogP contribution in [0, 0.1) is 5.92 Å². The molecule has 0 radical (unpaired) electrons. The molecule has 104 valence electrons. The highest BCUT2D eigenvalue weighted by atomic mass is 35.5. The monoisotopic (exact) mass is 283 g/mol. The van der Waals surface area contributed by atoms with Crippen LogP contribution in [0.2, 0.25) is 5.02 Å². The van der Waals surface area contributed by atoms with Crippen molar-refractivity contribution < 1.29 is 14.6 Å². The average Bonchev–Trinajstić information content (AvgIpc) is 2.32. The number of β-amino-alcohol motifs (C(OH)–C–C–N with tert-alkyl or cyclic N) is 1. The quantitative estimate of drug-likeness (QED) is 0.919. The lowest BCUT2D eigenvalue weighted by Gasteiger charge is -2.48. The number of carbonyl (C=O) groups excluding carboxylic acids is 1. The van der Waals surface area contributed by atoms with E-state index >= 15 is 0 Å². The van der Waals surface area contributed by atoms with Crippen molar-refractivity contribution in [3.63, 3.8) is 0 Å². The van der Waals surface area contributed by atoms with E-state index in [-0.39, 0.29) is 18.4 Å². The molecule has 0 saturated carbocycles. The number of amides is 1. The molecule has 1 aromatic carbocycles. The van der Waals surface area contributed by atoms with Gasteiger partial charge in [0.05, 0.1) is 13.1 Å². The molecular formula is C14H18ClNO3. The van der Waals surface area contributed by atoms with E-state index in [0.717, 1.165) is 0 Å². The van der Waals surface area contributed by atoms with Crippen LogP contribution in [0.25, 0.3) is 0 Å². The minimum Gasteiger partial charge on any atom is -0.484 e. The molecule has 0 atom stereocenters. The number of halogens is 1. The zero-order valence-corrected chi connectivity index (χ0v) is 11.9. The standard InChI is InChI=1S/C14H18ClNO3/c1-10(2)14(18)8-16(9-14)13(17)7-19-12-5-3-4-11(15)6-12/h3-6,10,18H,7-9H2,1-2H3. The van der Waals surface area contributed by atoms with E-state index in [2.05, 4.69) is 0 Å². The minimum absolute atomic E-state index is 0.0332. The Hall–Kier alpha value is -1.26. The molecule has 1 aliphatic heterocycles. The van der Waals surface area contributed by atoms with E-state index in [9.17, 15) is 9.90 Å². The number of nitrogens with zero attached hydrogens (tertiary/aromatic N) is 1. The molecule has 4 nitrogen and oxygen atoms in total. The van der Waals surface area contributed by atoms with Gasteiger partial charge in [-0.15, -0.1) is 0 Å². The molecule has 0 aromatic heterocycles. The van der Waals surface area contributed by atoms with Crippen LogP contribution in [0.5, 0.6) is 5.75 Å². The van der Waals surface area contributed by atoms with Gasteiger partial charge in [-0.25, -0.2) is 0 Å². The predicted octanol–water partition coefficient (Wildman–Crippen LogP) is 1.95. The molecule has 0 unspecified atom stereocenters.